The maximum absolute atomic E-state index is 14.2. The highest BCUT2D eigenvalue weighted by Crippen LogP contribution is 2.47. The van der Waals surface area contributed by atoms with Crippen LogP contribution < -0.4 is 4.74 Å². The monoisotopic (exact) mass is 396 g/mol. The Balaban J connectivity index is 2.22. The van der Waals surface area contributed by atoms with Crippen LogP contribution in [0.4, 0.5) is 13.2 Å². The Morgan fingerprint density at radius 3 is 2.48 bits per heavy atom. The van der Waals surface area contributed by atoms with E-state index in [1.807, 2.05) is 0 Å². The van der Waals surface area contributed by atoms with E-state index >= 15 is 0 Å². The van der Waals surface area contributed by atoms with Crippen molar-refractivity contribution in [1.29, 1.82) is 0 Å². The molecule has 1 heterocycles. The van der Waals surface area contributed by atoms with Crippen molar-refractivity contribution in [3.8, 4) is 5.75 Å². The highest BCUT2D eigenvalue weighted by molar-refractivity contribution is 6.32. The van der Waals surface area contributed by atoms with Crippen molar-refractivity contribution in [2.45, 2.75) is 32.0 Å². The Kier molecular flexibility index (Phi) is 4.72. The van der Waals surface area contributed by atoms with Crippen LogP contribution >= 0.6 is 11.6 Å². The summed E-state index contributed by atoms with van der Waals surface area (Å²) in [5, 5.41) is 9.88. The second-order valence-corrected chi connectivity index (χ2v) is 6.86. The van der Waals surface area contributed by atoms with Gasteiger partial charge in [-0.1, -0.05) is 41.9 Å². The van der Waals surface area contributed by atoms with Crippen molar-refractivity contribution in [1.82, 2.24) is 0 Å². The SMILES string of the molecule is Cc1ccc(CC2(C(F)(F)F)Oc3ccccc3C=C2C(=O)O)c(C)c1Cl. The van der Waals surface area contributed by atoms with Crippen LogP contribution in [-0.2, 0) is 11.2 Å². The second-order valence-electron chi connectivity index (χ2n) is 6.49. The van der Waals surface area contributed by atoms with Gasteiger partial charge in [-0.05, 0) is 42.7 Å². The van der Waals surface area contributed by atoms with Crippen molar-refractivity contribution in [2.75, 3.05) is 0 Å². The van der Waals surface area contributed by atoms with Crippen LogP contribution in [0.25, 0.3) is 6.08 Å². The third kappa shape index (κ3) is 3.18. The van der Waals surface area contributed by atoms with Gasteiger partial charge in [0.15, 0.2) is 0 Å². The summed E-state index contributed by atoms with van der Waals surface area (Å²) < 4.78 is 48.1. The van der Waals surface area contributed by atoms with Gasteiger partial charge in [0.25, 0.3) is 0 Å². The van der Waals surface area contributed by atoms with Gasteiger partial charge in [-0.3, -0.25) is 0 Å². The van der Waals surface area contributed by atoms with E-state index < -0.39 is 29.7 Å². The first-order chi connectivity index (χ1) is 12.6. The molecule has 0 amide bonds. The number of aryl methyl sites for hydroxylation is 1. The van der Waals surface area contributed by atoms with Crippen molar-refractivity contribution in [3.63, 3.8) is 0 Å². The molecule has 0 bridgehead atoms. The van der Waals surface area contributed by atoms with Crippen molar-refractivity contribution in [3.05, 3.63) is 69.2 Å². The van der Waals surface area contributed by atoms with Crippen LogP contribution in [0.3, 0.4) is 0 Å². The van der Waals surface area contributed by atoms with Gasteiger partial charge >= 0.3 is 12.1 Å². The van der Waals surface area contributed by atoms with Gasteiger partial charge in [0.1, 0.15) is 5.75 Å². The van der Waals surface area contributed by atoms with E-state index in [2.05, 4.69) is 0 Å². The minimum atomic E-state index is -4.96. The summed E-state index contributed by atoms with van der Waals surface area (Å²) in [4.78, 5) is 11.7. The zero-order valence-corrected chi connectivity index (χ0v) is 15.3. The summed E-state index contributed by atoms with van der Waals surface area (Å²) in [6.07, 6.45) is -4.64. The van der Waals surface area contributed by atoms with Gasteiger partial charge in [0, 0.05) is 17.0 Å². The lowest BCUT2D eigenvalue weighted by Gasteiger charge is -2.39. The molecular formula is C20H16ClF3O3. The molecule has 1 atom stereocenters. The molecule has 2 aromatic rings. The minimum Gasteiger partial charge on any atom is -0.478 e. The number of carbonyl (C=O) groups is 1. The van der Waals surface area contributed by atoms with Crippen LogP contribution in [0.5, 0.6) is 5.75 Å². The van der Waals surface area contributed by atoms with Gasteiger partial charge in [-0.15, -0.1) is 0 Å². The molecule has 0 saturated heterocycles. The molecule has 1 N–H and O–H groups in total. The van der Waals surface area contributed by atoms with Gasteiger partial charge in [0.05, 0.1) is 5.57 Å². The number of hydrogen-bond acceptors (Lipinski definition) is 2. The highest BCUT2D eigenvalue weighted by atomic mass is 35.5. The lowest BCUT2D eigenvalue weighted by Crippen LogP contribution is -2.56. The Bertz CT molecular complexity index is 950. The number of rotatable bonds is 3. The maximum Gasteiger partial charge on any atom is 0.433 e. The fourth-order valence-corrected chi connectivity index (χ4v) is 3.39. The Hall–Kier alpha value is -2.47. The standard InChI is InChI=1S/C20H16ClF3O3/c1-11-7-8-14(12(2)17(11)21)10-19(20(22,23)24)15(18(25)26)9-13-5-3-4-6-16(13)27-19/h3-9H,10H2,1-2H3,(H,25,26). The predicted octanol–water partition coefficient (Wildman–Crippen LogP) is 5.36. The van der Waals surface area contributed by atoms with Crippen LogP contribution in [-0.4, -0.2) is 22.9 Å². The van der Waals surface area contributed by atoms with E-state index in [0.29, 0.717) is 10.6 Å². The van der Waals surface area contributed by atoms with Crippen LogP contribution in [0.1, 0.15) is 22.3 Å². The van der Waals surface area contributed by atoms with E-state index in [1.165, 1.54) is 24.3 Å². The highest BCUT2D eigenvalue weighted by Gasteiger charge is 2.63. The number of aliphatic carboxylic acids is 1. The van der Waals surface area contributed by atoms with Crippen LogP contribution in [0.15, 0.2) is 42.0 Å². The first-order valence-corrected chi connectivity index (χ1v) is 8.49. The molecule has 7 heteroatoms. The first kappa shape index (κ1) is 19.3. The molecule has 27 heavy (non-hydrogen) atoms. The number of hydrogen-bond donors (Lipinski definition) is 1. The average molecular weight is 397 g/mol. The van der Waals surface area contributed by atoms with Gasteiger partial charge in [-0.2, -0.15) is 13.2 Å². The lowest BCUT2D eigenvalue weighted by atomic mass is 9.81. The van der Waals surface area contributed by atoms with Crippen molar-refractivity contribution < 1.29 is 27.8 Å². The molecule has 142 valence electrons. The predicted molar refractivity (Wildman–Crippen MR) is 96.1 cm³/mol. The van der Waals surface area contributed by atoms with Crippen molar-refractivity contribution in [2.24, 2.45) is 0 Å². The van der Waals surface area contributed by atoms with E-state index in [9.17, 15) is 23.1 Å². The normalized spacial score (nSPS) is 19.1. The molecule has 1 aliphatic rings. The zero-order chi connectivity index (χ0) is 20.0. The van der Waals surface area contributed by atoms with Crippen LogP contribution in [0.2, 0.25) is 5.02 Å². The number of fused-ring (bicyclic) bond motifs is 1. The Morgan fingerprint density at radius 2 is 1.85 bits per heavy atom. The molecule has 3 rings (SSSR count). The van der Waals surface area contributed by atoms with E-state index in [1.54, 1.807) is 26.0 Å². The zero-order valence-electron chi connectivity index (χ0n) is 14.5. The van der Waals surface area contributed by atoms with E-state index in [-0.39, 0.29) is 16.9 Å². The minimum absolute atomic E-state index is 0.0179. The molecule has 0 fully saturated rings. The number of halogens is 4. The second kappa shape index (κ2) is 6.60. The topological polar surface area (TPSA) is 46.5 Å². The first-order valence-electron chi connectivity index (χ1n) is 8.11. The molecule has 0 aliphatic carbocycles. The molecule has 0 radical (unpaired) electrons. The fraction of sp³-hybridized carbons (Fsp3) is 0.250. The largest absolute Gasteiger partial charge is 0.478 e. The number of ether oxygens (including phenoxy) is 1. The van der Waals surface area contributed by atoms with Gasteiger partial charge in [0.2, 0.25) is 5.60 Å². The molecule has 2 aromatic carbocycles. The molecular weight excluding hydrogens is 381 g/mol. The number of para-hydroxylation sites is 1. The molecule has 0 saturated carbocycles. The number of benzene rings is 2. The number of carboxylic acid groups (broad SMARTS) is 1. The van der Waals surface area contributed by atoms with Gasteiger partial charge < -0.3 is 9.84 Å². The number of carboxylic acids is 1. The maximum atomic E-state index is 14.2. The third-order valence-corrected chi connectivity index (χ3v) is 5.34. The van der Waals surface area contributed by atoms with Crippen LogP contribution in [0, 0.1) is 13.8 Å². The summed E-state index contributed by atoms with van der Waals surface area (Å²) in [6.45, 7) is 3.35. The molecule has 3 nitrogen and oxygen atoms in total. The molecule has 0 aromatic heterocycles. The fourth-order valence-electron chi connectivity index (χ4n) is 3.20. The Labute approximate surface area is 159 Å². The quantitative estimate of drug-likeness (QED) is 0.759. The molecule has 1 aliphatic heterocycles. The summed E-state index contributed by atoms with van der Waals surface area (Å²) in [5.74, 6) is -1.70. The third-order valence-electron chi connectivity index (χ3n) is 4.76. The van der Waals surface area contributed by atoms with E-state index in [0.717, 1.165) is 11.6 Å². The smallest absolute Gasteiger partial charge is 0.433 e. The summed E-state index contributed by atoms with van der Waals surface area (Å²) in [6, 6.07) is 9.16. The van der Waals surface area contributed by atoms with Gasteiger partial charge in [-0.25, -0.2) is 4.79 Å². The molecule has 0 spiro atoms. The Morgan fingerprint density at radius 1 is 1.19 bits per heavy atom. The number of alkyl halides is 3. The summed E-state index contributed by atoms with van der Waals surface area (Å²) in [5.41, 5.74) is -2.13. The average Bonchev–Trinajstić information content (AvgIpc) is 2.60. The summed E-state index contributed by atoms with van der Waals surface area (Å²) in [7, 11) is 0. The molecule has 1 unspecified atom stereocenters. The van der Waals surface area contributed by atoms with Crippen molar-refractivity contribution >= 4 is 23.6 Å². The summed E-state index contributed by atoms with van der Waals surface area (Å²) >= 11 is 6.19. The van der Waals surface area contributed by atoms with E-state index in [4.69, 9.17) is 16.3 Å². The lowest BCUT2D eigenvalue weighted by molar-refractivity contribution is -0.235.